The average Bonchev–Trinajstić information content (AvgIpc) is 2.85. The predicted molar refractivity (Wildman–Crippen MR) is 167 cm³/mol. The van der Waals surface area contributed by atoms with Crippen LogP contribution in [0.3, 0.4) is 0 Å². The van der Waals surface area contributed by atoms with Crippen molar-refractivity contribution in [2.24, 2.45) is 0 Å². The first-order valence-electron chi connectivity index (χ1n) is 13.2. The lowest BCUT2D eigenvalue weighted by molar-refractivity contribution is -0.115. The van der Waals surface area contributed by atoms with Gasteiger partial charge in [-0.1, -0.05) is 29.8 Å². The molecule has 196 valence electrons. The Morgan fingerprint density at radius 3 is 2.29 bits per heavy atom. The molecular formula is C28H36B3ClN4O2. The Bertz CT molecular complexity index is 1350. The molecule has 1 amide bonds. The van der Waals surface area contributed by atoms with Crippen LogP contribution in [0.1, 0.15) is 26.5 Å². The van der Waals surface area contributed by atoms with Gasteiger partial charge in [0, 0.05) is 54.2 Å². The van der Waals surface area contributed by atoms with Gasteiger partial charge in [0.2, 0.25) is 5.91 Å². The SMILES string of the molecule is BC(B)(B)C(=O)Nc1ccc(-c2cc(C)nc(-c3cccc(N4CCN(C(C)(C)C)CC4)c3)c2O)cc1Cl. The Balaban J connectivity index is 1.62. The number of aromatic nitrogens is 1. The normalized spacial score (nSPS) is 14.9. The van der Waals surface area contributed by atoms with E-state index in [1.165, 1.54) is 0 Å². The van der Waals surface area contributed by atoms with Crippen molar-refractivity contribution in [3.05, 3.63) is 59.2 Å². The van der Waals surface area contributed by atoms with Gasteiger partial charge < -0.3 is 15.3 Å². The molecule has 2 N–H and O–H groups in total. The average molecular weight is 529 g/mol. The van der Waals surface area contributed by atoms with Crippen molar-refractivity contribution in [2.75, 3.05) is 36.4 Å². The lowest BCUT2D eigenvalue weighted by Crippen LogP contribution is -2.53. The minimum atomic E-state index is -0.536. The van der Waals surface area contributed by atoms with E-state index in [2.05, 4.69) is 48.0 Å². The molecule has 1 aliphatic heterocycles. The van der Waals surface area contributed by atoms with Crippen molar-refractivity contribution >= 4 is 52.4 Å². The van der Waals surface area contributed by atoms with Gasteiger partial charge in [0.25, 0.3) is 0 Å². The molecule has 0 aliphatic carbocycles. The van der Waals surface area contributed by atoms with Gasteiger partial charge in [-0.2, -0.15) is 0 Å². The maximum atomic E-state index is 12.4. The zero-order chi connectivity index (χ0) is 27.8. The van der Waals surface area contributed by atoms with Crippen LogP contribution < -0.4 is 10.2 Å². The fourth-order valence-corrected chi connectivity index (χ4v) is 4.89. The third-order valence-corrected chi connectivity index (χ3v) is 7.36. The summed E-state index contributed by atoms with van der Waals surface area (Å²) in [5, 5.41) is 14.1. The molecule has 0 bridgehead atoms. The number of aromatic hydroxyl groups is 1. The highest BCUT2D eigenvalue weighted by molar-refractivity contribution is 6.69. The Labute approximate surface area is 234 Å². The molecule has 1 fully saturated rings. The zero-order valence-corrected chi connectivity index (χ0v) is 24.3. The first kappa shape index (κ1) is 28.1. The molecule has 4 rings (SSSR count). The Kier molecular flexibility index (Phi) is 7.92. The minimum absolute atomic E-state index is 0.104. The summed E-state index contributed by atoms with van der Waals surface area (Å²) in [7, 11) is 5.56. The Morgan fingerprint density at radius 1 is 1.00 bits per heavy atom. The van der Waals surface area contributed by atoms with Crippen LogP contribution in [0.4, 0.5) is 11.4 Å². The van der Waals surface area contributed by atoms with E-state index in [-0.39, 0.29) is 17.2 Å². The molecule has 0 radical (unpaired) electrons. The second kappa shape index (κ2) is 10.7. The maximum Gasteiger partial charge on any atom is 0.207 e. The van der Waals surface area contributed by atoms with Gasteiger partial charge >= 0.3 is 0 Å². The number of nitrogens with one attached hydrogen (secondary N) is 1. The number of hydrogen-bond acceptors (Lipinski definition) is 5. The second-order valence-electron chi connectivity index (χ2n) is 12.1. The molecular weight excluding hydrogens is 492 g/mol. The molecule has 0 saturated carbocycles. The monoisotopic (exact) mass is 528 g/mol. The number of halogens is 1. The highest BCUT2D eigenvalue weighted by Crippen LogP contribution is 2.40. The third-order valence-electron chi connectivity index (χ3n) is 7.04. The van der Waals surface area contributed by atoms with Crippen molar-refractivity contribution in [3.8, 4) is 28.1 Å². The van der Waals surface area contributed by atoms with E-state index in [0.717, 1.165) is 48.7 Å². The quantitative estimate of drug-likeness (QED) is 0.499. The molecule has 2 aromatic carbocycles. The molecule has 38 heavy (non-hydrogen) atoms. The van der Waals surface area contributed by atoms with Crippen molar-refractivity contribution in [3.63, 3.8) is 0 Å². The summed E-state index contributed by atoms with van der Waals surface area (Å²) in [5.41, 5.74) is 5.43. The summed E-state index contributed by atoms with van der Waals surface area (Å²) >= 11 is 6.55. The molecule has 10 heteroatoms. The molecule has 1 saturated heterocycles. The van der Waals surface area contributed by atoms with E-state index in [4.69, 9.17) is 16.6 Å². The Morgan fingerprint density at radius 2 is 1.68 bits per heavy atom. The summed E-state index contributed by atoms with van der Waals surface area (Å²) < 4.78 is 0. The van der Waals surface area contributed by atoms with Crippen LogP contribution in [0.15, 0.2) is 48.5 Å². The lowest BCUT2D eigenvalue weighted by Gasteiger charge is -2.43. The largest absolute Gasteiger partial charge is 0.505 e. The Hall–Kier alpha value is -2.90. The number of benzene rings is 2. The summed E-state index contributed by atoms with van der Waals surface area (Å²) in [6, 6.07) is 15.5. The van der Waals surface area contributed by atoms with Crippen molar-refractivity contribution in [1.29, 1.82) is 0 Å². The van der Waals surface area contributed by atoms with Gasteiger partial charge in [0.15, 0.2) is 0 Å². The summed E-state index contributed by atoms with van der Waals surface area (Å²) in [6.07, 6.45) is 0. The lowest BCUT2D eigenvalue weighted by atomic mass is 9.42. The van der Waals surface area contributed by atoms with E-state index < -0.39 is 5.11 Å². The second-order valence-corrected chi connectivity index (χ2v) is 12.5. The first-order valence-corrected chi connectivity index (χ1v) is 13.5. The molecule has 0 spiro atoms. The summed E-state index contributed by atoms with van der Waals surface area (Å²) in [4.78, 5) is 22.0. The smallest absolute Gasteiger partial charge is 0.207 e. The molecule has 6 nitrogen and oxygen atoms in total. The maximum absolute atomic E-state index is 12.4. The van der Waals surface area contributed by atoms with Crippen LogP contribution in [-0.4, -0.2) is 76.2 Å². The van der Waals surface area contributed by atoms with E-state index in [1.54, 1.807) is 12.1 Å². The number of anilines is 2. The van der Waals surface area contributed by atoms with Gasteiger partial charge in [-0.25, -0.2) is 4.98 Å². The first-order chi connectivity index (χ1) is 17.7. The number of piperazine rings is 1. The molecule has 1 aliphatic rings. The highest BCUT2D eigenvalue weighted by Gasteiger charge is 2.26. The molecule has 2 heterocycles. The van der Waals surface area contributed by atoms with Gasteiger partial charge in [0.05, 0.1) is 10.7 Å². The fourth-order valence-electron chi connectivity index (χ4n) is 4.67. The number of aryl methyl sites for hydroxylation is 1. The summed E-state index contributed by atoms with van der Waals surface area (Å²) in [5.74, 6) is -0.00964. The third kappa shape index (κ3) is 6.21. The standard InChI is InChI=1S/C28H36B3ClN4O2/c1-17-14-21(18-8-9-23(22(32)16-18)34-26(38)28(29,30)31)25(37)24(33-17)19-6-5-7-20(15-19)35-10-12-36(13-11-35)27(2,3)4/h5-9,14-16,37H,10-13,29-31H2,1-4H3,(H,34,38). The number of carbonyl (C=O) groups is 1. The van der Waals surface area contributed by atoms with Gasteiger partial charge in [0.1, 0.15) is 35.0 Å². The van der Waals surface area contributed by atoms with E-state index >= 15 is 0 Å². The number of hydrogen-bond donors (Lipinski definition) is 2. The number of pyridine rings is 1. The number of nitrogens with zero attached hydrogens (tertiary/aromatic N) is 3. The van der Waals surface area contributed by atoms with Crippen LogP contribution in [-0.2, 0) is 4.79 Å². The number of carbonyl (C=O) groups excluding carboxylic acids is 1. The fraction of sp³-hybridized carbons (Fsp3) is 0.357. The summed E-state index contributed by atoms with van der Waals surface area (Å²) in [6.45, 7) is 12.6. The van der Waals surface area contributed by atoms with E-state index in [1.807, 2.05) is 54.7 Å². The molecule has 0 atom stereocenters. The minimum Gasteiger partial charge on any atom is -0.505 e. The number of amides is 1. The van der Waals surface area contributed by atoms with Crippen molar-refractivity contribution < 1.29 is 9.90 Å². The van der Waals surface area contributed by atoms with Crippen LogP contribution in [0.5, 0.6) is 5.75 Å². The van der Waals surface area contributed by atoms with Crippen LogP contribution in [0.2, 0.25) is 10.1 Å². The van der Waals surface area contributed by atoms with E-state index in [9.17, 15) is 9.90 Å². The highest BCUT2D eigenvalue weighted by atomic mass is 35.5. The van der Waals surface area contributed by atoms with Crippen LogP contribution in [0.25, 0.3) is 22.4 Å². The van der Waals surface area contributed by atoms with Gasteiger partial charge in [-0.05, 0) is 68.7 Å². The van der Waals surface area contributed by atoms with Crippen LogP contribution in [0, 0.1) is 6.92 Å². The van der Waals surface area contributed by atoms with Gasteiger partial charge in [-0.3, -0.25) is 9.69 Å². The van der Waals surface area contributed by atoms with Crippen molar-refractivity contribution in [1.82, 2.24) is 9.88 Å². The predicted octanol–water partition coefficient (Wildman–Crippen LogP) is 2.92. The number of rotatable bonds is 5. The topological polar surface area (TPSA) is 68.7 Å². The zero-order valence-electron chi connectivity index (χ0n) is 23.5. The molecule has 3 aromatic rings. The molecule has 1 aromatic heterocycles. The van der Waals surface area contributed by atoms with E-state index in [0.29, 0.717) is 22.0 Å². The van der Waals surface area contributed by atoms with Crippen molar-refractivity contribution in [2.45, 2.75) is 38.3 Å². The molecule has 0 unspecified atom stereocenters. The van der Waals surface area contributed by atoms with Crippen LogP contribution >= 0.6 is 11.6 Å². The van der Waals surface area contributed by atoms with Gasteiger partial charge in [-0.15, -0.1) is 0 Å².